The smallest absolute Gasteiger partial charge is 0.126 e. The summed E-state index contributed by atoms with van der Waals surface area (Å²) in [4.78, 5) is 4.42. The van der Waals surface area contributed by atoms with Crippen molar-refractivity contribution in [2.75, 3.05) is 0 Å². The summed E-state index contributed by atoms with van der Waals surface area (Å²) in [5, 5.41) is 0.613. The van der Waals surface area contributed by atoms with E-state index in [-0.39, 0.29) is 0 Å². The van der Waals surface area contributed by atoms with Crippen LogP contribution in [0.1, 0.15) is 39.0 Å². The maximum atomic E-state index is 5.90. The Morgan fingerprint density at radius 2 is 1.92 bits per heavy atom. The van der Waals surface area contributed by atoms with E-state index in [1.165, 1.54) is 32.1 Å². The van der Waals surface area contributed by atoms with Crippen LogP contribution in [0.4, 0.5) is 0 Å². The van der Waals surface area contributed by atoms with Crippen LogP contribution in [0.2, 0.25) is 0 Å². The molecule has 2 heteroatoms. The van der Waals surface area contributed by atoms with E-state index in [2.05, 4.69) is 11.6 Å². The van der Waals surface area contributed by atoms with Crippen molar-refractivity contribution in [2.45, 2.75) is 45.1 Å². The lowest BCUT2D eigenvalue weighted by Gasteiger charge is -2.17. The molecule has 0 heterocycles. The van der Waals surface area contributed by atoms with E-state index >= 15 is 0 Å². The molecule has 12 heavy (non-hydrogen) atoms. The van der Waals surface area contributed by atoms with Gasteiger partial charge in [0.2, 0.25) is 0 Å². The van der Waals surface area contributed by atoms with E-state index in [4.69, 9.17) is 11.6 Å². The first-order valence-electron chi connectivity index (χ1n) is 4.59. The first-order chi connectivity index (χ1) is 5.70. The summed E-state index contributed by atoms with van der Waals surface area (Å²) < 4.78 is 0. The highest BCUT2D eigenvalue weighted by Gasteiger charge is 2.12. The number of hydrogen-bond donors (Lipinski definition) is 0. The molecule has 1 saturated carbocycles. The van der Waals surface area contributed by atoms with E-state index < -0.39 is 0 Å². The maximum absolute atomic E-state index is 5.90. The Balaban J connectivity index is 2.47. The Hall–Kier alpha value is -0.300. The Kier molecular flexibility index (Phi) is 3.80. The zero-order valence-corrected chi connectivity index (χ0v) is 8.40. The van der Waals surface area contributed by atoms with Crippen molar-refractivity contribution < 1.29 is 0 Å². The average Bonchev–Trinajstić information content (AvgIpc) is 2.06. The number of halogens is 1. The van der Waals surface area contributed by atoms with Gasteiger partial charge in [-0.2, -0.15) is 0 Å². The molecule has 0 saturated heterocycles. The lowest BCUT2D eigenvalue weighted by atomic mass is 9.96. The quantitative estimate of drug-likeness (QED) is 0.584. The lowest BCUT2D eigenvalue weighted by molar-refractivity contribution is 0.444. The zero-order chi connectivity index (χ0) is 8.97. The number of rotatable bonds is 2. The molecule has 0 radical (unpaired) electrons. The monoisotopic (exact) mass is 185 g/mol. The van der Waals surface area contributed by atoms with Crippen molar-refractivity contribution in [3.05, 3.63) is 12.2 Å². The second kappa shape index (κ2) is 4.66. The van der Waals surface area contributed by atoms with Crippen LogP contribution in [0, 0.1) is 0 Å². The first kappa shape index (κ1) is 9.79. The summed E-state index contributed by atoms with van der Waals surface area (Å²) in [6.07, 6.45) is 6.35. The van der Waals surface area contributed by atoms with Crippen LogP contribution in [0.25, 0.3) is 0 Å². The van der Waals surface area contributed by atoms with Crippen LogP contribution >= 0.6 is 11.6 Å². The molecule has 0 aromatic carbocycles. The molecule has 1 aliphatic carbocycles. The van der Waals surface area contributed by atoms with Gasteiger partial charge in [0.25, 0.3) is 0 Å². The molecule has 1 fully saturated rings. The summed E-state index contributed by atoms with van der Waals surface area (Å²) in [6, 6.07) is 0.461. The van der Waals surface area contributed by atoms with Gasteiger partial charge >= 0.3 is 0 Å². The van der Waals surface area contributed by atoms with E-state index in [1.807, 2.05) is 6.92 Å². The summed E-state index contributed by atoms with van der Waals surface area (Å²) in [5.74, 6) is 0. The molecular formula is C10H16ClN. The highest BCUT2D eigenvalue weighted by Crippen LogP contribution is 2.21. The van der Waals surface area contributed by atoms with Crippen molar-refractivity contribution in [1.82, 2.24) is 0 Å². The topological polar surface area (TPSA) is 12.4 Å². The van der Waals surface area contributed by atoms with Crippen molar-refractivity contribution in [2.24, 2.45) is 4.99 Å². The van der Waals surface area contributed by atoms with Gasteiger partial charge in [0.1, 0.15) is 5.17 Å². The standard InChI is InChI=1S/C10H16ClN/c1-8(2)10(11)12-9-6-4-3-5-7-9/h9H,1,3-7H2,2H3. The predicted molar refractivity (Wildman–Crippen MR) is 55.0 cm³/mol. The third-order valence-electron chi connectivity index (χ3n) is 2.22. The number of nitrogens with zero attached hydrogens (tertiary/aromatic N) is 1. The van der Waals surface area contributed by atoms with E-state index in [9.17, 15) is 0 Å². The highest BCUT2D eigenvalue weighted by molar-refractivity contribution is 6.69. The highest BCUT2D eigenvalue weighted by atomic mass is 35.5. The molecular weight excluding hydrogens is 170 g/mol. The molecule has 0 bridgehead atoms. The number of hydrogen-bond acceptors (Lipinski definition) is 1. The predicted octanol–water partition coefficient (Wildman–Crippen LogP) is 3.53. The molecule has 1 rings (SSSR count). The fourth-order valence-electron chi connectivity index (χ4n) is 1.48. The van der Waals surface area contributed by atoms with Crippen LogP contribution in [0.3, 0.4) is 0 Å². The molecule has 0 atom stereocenters. The molecule has 1 nitrogen and oxygen atoms in total. The summed E-state index contributed by atoms with van der Waals surface area (Å²) >= 11 is 5.90. The maximum Gasteiger partial charge on any atom is 0.126 e. The third-order valence-corrected chi connectivity index (χ3v) is 2.64. The minimum Gasteiger partial charge on any atom is -0.270 e. The Labute approximate surface area is 79.5 Å². The molecule has 0 aliphatic heterocycles. The molecule has 0 aromatic rings. The minimum atomic E-state index is 0.461. The normalized spacial score (nSPS) is 21.0. The van der Waals surface area contributed by atoms with E-state index in [0.717, 1.165) is 5.57 Å². The Morgan fingerprint density at radius 3 is 2.42 bits per heavy atom. The van der Waals surface area contributed by atoms with E-state index in [1.54, 1.807) is 0 Å². The van der Waals surface area contributed by atoms with Crippen LogP contribution in [0.15, 0.2) is 17.1 Å². The first-order valence-corrected chi connectivity index (χ1v) is 4.97. The second-order valence-electron chi connectivity index (χ2n) is 3.49. The average molecular weight is 186 g/mol. The molecule has 1 aliphatic rings. The second-order valence-corrected chi connectivity index (χ2v) is 3.85. The third kappa shape index (κ3) is 2.98. The number of aliphatic imine (C=N–C) groups is 1. The van der Waals surface area contributed by atoms with Crippen LogP contribution in [0.5, 0.6) is 0 Å². The molecule has 68 valence electrons. The Bertz CT molecular complexity index is 190. The van der Waals surface area contributed by atoms with Crippen molar-refractivity contribution in [1.29, 1.82) is 0 Å². The Morgan fingerprint density at radius 1 is 1.33 bits per heavy atom. The molecule has 0 amide bonds. The minimum absolute atomic E-state index is 0.461. The largest absolute Gasteiger partial charge is 0.270 e. The van der Waals surface area contributed by atoms with Crippen molar-refractivity contribution in [3.63, 3.8) is 0 Å². The van der Waals surface area contributed by atoms with Crippen LogP contribution in [-0.2, 0) is 0 Å². The van der Waals surface area contributed by atoms with Crippen molar-refractivity contribution >= 4 is 16.8 Å². The lowest BCUT2D eigenvalue weighted by Crippen LogP contribution is -2.11. The van der Waals surface area contributed by atoms with Gasteiger partial charge < -0.3 is 0 Å². The van der Waals surface area contributed by atoms with Crippen molar-refractivity contribution in [3.8, 4) is 0 Å². The van der Waals surface area contributed by atoms with Crippen LogP contribution < -0.4 is 0 Å². The fourth-order valence-corrected chi connectivity index (χ4v) is 1.62. The van der Waals surface area contributed by atoms with Gasteiger partial charge in [-0.3, -0.25) is 4.99 Å². The fraction of sp³-hybridized carbons (Fsp3) is 0.700. The zero-order valence-electron chi connectivity index (χ0n) is 7.65. The summed E-state index contributed by atoms with van der Waals surface area (Å²) in [7, 11) is 0. The SMILES string of the molecule is C=C(C)C(Cl)=NC1CCCCC1. The van der Waals surface area contributed by atoms with Gasteiger partial charge in [0.05, 0.1) is 6.04 Å². The van der Waals surface area contributed by atoms with Gasteiger partial charge in [-0.15, -0.1) is 0 Å². The van der Waals surface area contributed by atoms with E-state index in [0.29, 0.717) is 11.2 Å². The molecule has 0 aromatic heterocycles. The van der Waals surface area contributed by atoms with Gasteiger partial charge in [-0.1, -0.05) is 37.4 Å². The van der Waals surface area contributed by atoms with Gasteiger partial charge in [-0.05, 0) is 25.3 Å². The van der Waals surface area contributed by atoms with Crippen LogP contribution in [-0.4, -0.2) is 11.2 Å². The molecule has 0 unspecified atom stereocenters. The molecule has 0 N–H and O–H groups in total. The number of allylic oxidation sites excluding steroid dienone is 1. The summed E-state index contributed by atoms with van der Waals surface area (Å²) in [6.45, 7) is 5.66. The van der Waals surface area contributed by atoms with Gasteiger partial charge in [-0.25, -0.2) is 0 Å². The molecule has 0 spiro atoms. The van der Waals surface area contributed by atoms with Gasteiger partial charge in [0, 0.05) is 0 Å². The van der Waals surface area contributed by atoms with Gasteiger partial charge in [0.15, 0.2) is 0 Å². The summed E-state index contributed by atoms with van der Waals surface area (Å²) in [5.41, 5.74) is 0.877.